The van der Waals surface area contributed by atoms with Crippen molar-refractivity contribution >= 4 is 17.7 Å². The summed E-state index contributed by atoms with van der Waals surface area (Å²) in [5, 5.41) is 14.4. The molecule has 21 heavy (non-hydrogen) atoms. The second kappa shape index (κ2) is 7.71. The molecule has 1 unspecified atom stereocenters. The highest BCUT2D eigenvalue weighted by Gasteiger charge is 2.16. The van der Waals surface area contributed by atoms with Crippen LogP contribution in [0.2, 0.25) is 0 Å². The molecule has 6 heteroatoms. The van der Waals surface area contributed by atoms with Crippen LogP contribution in [0.15, 0.2) is 6.07 Å². The molecule has 0 saturated carbocycles. The SMILES string of the molecule is Cc1cc(NC(=O)NC(C)CCCC(C)C)c(C(=O)O)[nH]1. The Hall–Kier alpha value is -1.98. The van der Waals surface area contributed by atoms with E-state index in [1.165, 1.54) is 0 Å². The number of carboxylic acids is 1. The Balaban J connectivity index is 2.48. The molecule has 0 aromatic carbocycles. The first-order chi connectivity index (χ1) is 9.79. The van der Waals surface area contributed by atoms with Gasteiger partial charge in [-0.05, 0) is 32.3 Å². The molecule has 2 amide bonds. The van der Waals surface area contributed by atoms with Gasteiger partial charge in [0.05, 0.1) is 5.69 Å². The standard InChI is InChI=1S/C15H25N3O3/c1-9(2)6-5-7-10(3)17-15(21)18-12-8-11(4)16-13(12)14(19)20/h8-10,16H,5-7H2,1-4H3,(H,19,20)(H2,17,18,21). The summed E-state index contributed by atoms with van der Waals surface area (Å²) in [5.41, 5.74) is 0.967. The van der Waals surface area contributed by atoms with Crippen molar-refractivity contribution in [1.82, 2.24) is 10.3 Å². The Kier molecular flexibility index (Phi) is 6.27. The van der Waals surface area contributed by atoms with Crippen molar-refractivity contribution in [3.8, 4) is 0 Å². The van der Waals surface area contributed by atoms with Gasteiger partial charge in [-0.3, -0.25) is 0 Å². The van der Waals surface area contributed by atoms with Crippen LogP contribution in [0, 0.1) is 12.8 Å². The molecule has 1 atom stereocenters. The molecule has 1 aromatic heterocycles. The highest BCUT2D eigenvalue weighted by Crippen LogP contribution is 2.16. The molecule has 6 nitrogen and oxygen atoms in total. The van der Waals surface area contributed by atoms with Gasteiger partial charge < -0.3 is 20.7 Å². The molecular formula is C15H25N3O3. The maximum absolute atomic E-state index is 11.9. The summed E-state index contributed by atoms with van der Waals surface area (Å²) in [5.74, 6) is -0.435. The number of hydrogen-bond acceptors (Lipinski definition) is 2. The van der Waals surface area contributed by atoms with Gasteiger partial charge in [-0.25, -0.2) is 9.59 Å². The van der Waals surface area contributed by atoms with Gasteiger partial charge >= 0.3 is 12.0 Å². The van der Waals surface area contributed by atoms with Gasteiger partial charge in [0.15, 0.2) is 0 Å². The third kappa shape index (κ3) is 5.89. The number of nitrogens with one attached hydrogen (secondary N) is 3. The third-order valence-corrected chi connectivity index (χ3v) is 3.21. The first-order valence-electron chi connectivity index (χ1n) is 7.30. The van der Waals surface area contributed by atoms with Crippen LogP contribution in [0.25, 0.3) is 0 Å². The van der Waals surface area contributed by atoms with E-state index in [0.717, 1.165) is 19.3 Å². The van der Waals surface area contributed by atoms with Crippen LogP contribution < -0.4 is 10.6 Å². The van der Waals surface area contributed by atoms with Crippen LogP contribution in [0.3, 0.4) is 0 Å². The Morgan fingerprint density at radius 3 is 2.52 bits per heavy atom. The zero-order valence-electron chi connectivity index (χ0n) is 13.1. The highest BCUT2D eigenvalue weighted by atomic mass is 16.4. The number of carbonyl (C=O) groups excluding carboxylic acids is 1. The molecule has 0 radical (unpaired) electrons. The van der Waals surface area contributed by atoms with E-state index < -0.39 is 5.97 Å². The van der Waals surface area contributed by atoms with Crippen molar-refractivity contribution in [1.29, 1.82) is 0 Å². The molecule has 0 spiro atoms. The smallest absolute Gasteiger partial charge is 0.354 e. The zero-order valence-corrected chi connectivity index (χ0v) is 13.1. The number of aromatic carboxylic acids is 1. The lowest BCUT2D eigenvalue weighted by molar-refractivity contribution is 0.0692. The van der Waals surface area contributed by atoms with Crippen molar-refractivity contribution in [2.75, 3.05) is 5.32 Å². The summed E-state index contributed by atoms with van der Waals surface area (Å²) in [6.07, 6.45) is 3.10. The topological polar surface area (TPSA) is 94.2 Å². The molecule has 0 bridgehead atoms. The number of amides is 2. The lowest BCUT2D eigenvalue weighted by Gasteiger charge is -2.15. The van der Waals surface area contributed by atoms with E-state index in [2.05, 4.69) is 29.5 Å². The molecule has 0 saturated heterocycles. The summed E-state index contributed by atoms with van der Waals surface area (Å²) in [6, 6.07) is 1.28. The van der Waals surface area contributed by atoms with E-state index in [1.807, 2.05) is 6.92 Å². The van der Waals surface area contributed by atoms with Gasteiger partial charge in [0.2, 0.25) is 0 Å². The Bertz CT molecular complexity index is 494. The van der Waals surface area contributed by atoms with Crippen LogP contribution in [0.4, 0.5) is 10.5 Å². The normalized spacial score (nSPS) is 12.2. The van der Waals surface area contributed by atoms with Gasteiger partial charge in [0.1, 0.15) is 5.69 Å². The predicted octanol–water partition coefficient (Wildman–Crippen LogP) is 3.36. The summed E-state index contributed by atoms with van der Waals surface area (Å²) >= 11 is 0. The molecule has 1 aromatic rings. The van der Waals surface area contributed by atoms with Gasteiger partial charge in [0.25, 0.3) is 0 Å². The van der Waals surface area contributed by atoms with Crippen LogP contribution in [0.1, 0.15) is 56.2 Å². The monoisotopic (exact) mass is 295 g/mol. The first-order valence-corrected chi connectivity index (χ1v) is 7.30. The van der Waals surface area contributed by atoms with Crippen LogP contribution >= 0.6 is 0 Å². The first kappa shape index (κ1) is 17.1. The van der Waals surface area contributed by atoms with Crippen molar-refractivity contribution in [2.45, 2.75) is 53.0 Å². The van der Waals surface area contributed by atoms with Gasteiger partial charge in [0, 0.05) is 11.7 Å². The average molecular weight is 295 g/mol. The van der Waals surface area contributed by atoms with E-state index >= 15 is 0 Å². The molecule has 1 rings (SSSR count). The number of carbonyl (C=O) groups is 2. The largest absolute Gasteiger partial charge is 0.477 e. The number of aromatic nitrogens is 1. The number of aromatic amines is 1. The number of aryl methyl sites for hydroxylation is 1. The maximum Gasteiger partial charge on any atom is 0.354 e. The summed E-state index contributed by atoms with van der Waals surface area (Å²) in [4.78, 5) is 25.6. The molecule has 4 N–H and O–H groups in total. The Morgan fingerprint density at radius 1 is 1.29 bits per heavy atom. The minimum atomic E-state index is -1.09. The Morgan fingerprint density at radius 2 is 1.95 bits per heavy atom. The van der Waals surface area contributed by atoms with Crippen LogP contribution in [-0.2, 0) is 0 Å². The second-order valence-corrected chi connectivity index (χ2v) is 5.87. The minimum absolute atomic E-state index is 0.00453. The van der Waals surface area contributed by atoms with E-state index in [-0.39, 0.29) is 23.5 Å². The lowest BCUT2D eigenvalue weighted by atomic mass is 10.0. The van der Waals surface area contributed by atoms with Crippen molar-refractivity contribution in [3.63, 3.8) is 0 Å². The zero-order chi connectivity index (χ0) is 16.0. The quantitative estimate of drug-likeness (QED) is 0.621. The fraction of sp³-hybridized carbons (Fsp3) is 0.600. The number of rotatable bonds is 7. The average Bonchev–Trinajstić information content (AvgIpc) is 2.69. The molecule has 0 fully saturated rings. The van der Waals surface area contributed by atoms with Gasteiger partial charge in [-0.2, -0.15) is 0 Å². The van der Waals surface area contributed by atoms with Crippen LogP contribution in [0.5, 0.6) is 0 Å². The number of urea groups is 1. The van der Waals surface area contributed by atoms with Crippen molar-refractivity contribution < 1.29 is 14.7 Å². The summed E-state index contributed by atoms with van der Waals surface area (Å²) in [6.45, 7) is 8.03. The summed E-state index contributed by atoms with van der Waals surface area (Å²) in [7, 11) is 0. The molecular weight excluding hydrogens is 270 g/mol. The number of carboxylic acid groups (broad SMARTS) is 1. The number of anilines is 1. The predicted molar refractivity (Wildman–Crippen MR) is 82.8 cm³/mol. The lowest BCUT2D eigenvalue weighted by Crippen LogP contribution is -2.36. The molecule has 0 aliphatic carbocycles. The van der Waals surface area contributed by atoms with E-state index in [9.17, 15) is 9.59 Å². The fourth-order valence-corrected chi connectivity index (χ4v) is 2.14. The molecule has 118 valence electrons. The second-order valence-electron chi connectivity index (χ2n) is 5.87. The fourth-order valence-electron chi connectivity index (χ4n) is 2.14. The molecule has 1 heterocycles. The molecule has 0 aliphatic rings. The third-order valence-electron chi connectivity index (χ3n) is 3.21. The van der Waals surface area contributed by atoms with Crippen molar-refractivity contribution in [2.24, 2.45) is 5.92 Å². The molecule has 0 aliphatic heterocycles. The van der Waals surface area contributed by atoms with E-state index in [4.69, 9.17) is 5.11 Å². The van der Waals surface area contributed by atoms with Gasteiger partial charge in [-0.1, -0.05) is 26.7 Å². The van der Waals surface area contributed by atoms with E-state index in [0.29, 0.717) is 11.6 Å². The van der Waals surface area contributed by atoms with Gasteiger partial charge in [-0.15, -0.1) is 0 Å². The number of hydrogen-bond donors (Lipinski definition) is 4. The van der Waals surface area contributed by atoms with Crippen LogP contribution in [-0.4, -0.2) is 28.1 Å². The van der Waals surface area contributed by atoms with E-state index in [1.54, 1.807) is 13.0 Å². The number of H-pyrrole nitrogens is 1. The van der Waals surface area contributed by atoms with Crippen molar-refractivity contribution in [3.05, 3.63) is 17.5 Å². The Labute approximate surface area is 125 Å². The maximum atomic E-state index is 11.9. The minimum Gasteiger partial charge on any atom is -0.477 e. The summed E-state index contributed by atoms with van der Waals surface area (Å²) < 4.78 is 0. The highest BCUT2D eigenvalue weighted by molar-refractivity contribution is 5.99.